The number of benzene rings is 2. The molecule has 126 valence electrons. The van der Waals surface area contributed by atoms with Crippen LogP contribution >= 0.6 is 0 Å². The first kappa shape index (κ1) is 16.5. The Labute approximate surface area is 142 Å². The van der Waals surface area contributed by atoms with Crippen LogP contribution in [0, 0.1) is 0 Å². The molecule has 1 aliphatic carbocycles. The second-order valence-electron chi connectivity index (χ2n) is 6.44. The van der Waals surface area contributed by atoms with Gasteiger partial charge in [0.25, 0.3) is 0 Å². The van der Waals surface area contributed by atoms with Gasteiger partial charge in [-0.1, -0.05) is 36.8 Å². The van der Waals surface area contributed by atoms with Crippen LogP contribution in [0.15, 0.2) is 48.5 Å². The Hall–Kier alpha value is -2.33. The molecule has 0 unspecified atom stereocenters. The van der Waals surface area contributed by atoms with E-state index in [-0.39, 0.29) is 5.41 Å². The zero-order valence-corrected chi connectivity index (χ0v) is 13.9. The Balaban J connectivity index is 1.65. The van der Waals surface area contributed by atoms with Crippen molar-refractivity contribution in [2.45, 2.75) is 31.2 Å². The molecule has 1 aliphatic rings. The third kappa shape index (κ3) is 3.29. The van der Waals surface area contributed by atoms with Crippen LogP contribution in [-0.2, 0) is 12.0 Å². The summed E-state index contributed by atoms with van der Waals surface area (Å²) >= 11 is 0. The highest BCUT2D eigenvalue weighted by Crippen LogP contribution is 2.46. The second kappa shape index (κ2) is 7.05. The van der Waals surface area contributed by atoms with Crippen molar-refractivity contribution in [3.8, 4) is 5.75 Å². The topological polar surface area (TPSA) is 58.6 Å². The Kier molecular flexibility index (Phi) is 4.86. The van der Waals surface area contributed by atoms with Crippen molar-refractivity contribution in [3.05, 3.63) is 65.2 Å². The Bertz CT molecular complexity index is 705. The molecule has 1 fully saturated rings. The summed E-state index contributed by atoms with van der Waals surface area (Å²) in [6, 6.07) is 15.3. The molecule has 2 aromatic rings. The van der Waals surface area contributed by atoms with Gasteiger partial charge in [-0.2, -0.15) is 0 Å². The lowest BCUT2D eigenvalue weighted by Crippen LogP contribution is -2.43. The van der Waals surface area contributed by atoms with Crippen LogP contribution in [0.1, 0.15) is 40.7 Å². The maximum absolute atomic E-state index is 10.9. The van der Waals surface area contributed by atoms with Crippen molar-refractivity contribution < 1.29 is 14.6 Å². The normalized spacial score (nSPS) is 15.5. The van der Waals surface area contributed by atoms with Crippen LogP contribution in [0.3, 0.4) is 0 Å². The van der Waals surface area contributed by atoms with Crippen molar-refractivity contribution in [3.63, 3.8) is 0 Å². The molecule has 0 aliphatic heterocycles. The van der Waals surface area contributed by atoms with Crippen LogP contribution in [0.25, 0.3) is 0 Å². The molecule has 4 heteroatoms. The summed E-state index contributed by atoms with van der Waals surface area (Å²) in [7, 11) is 1.72. The van der Waals surface area contributed by atoms with Crippen LogP contribution in [0.5, 0.6) is 5.75 Å². The number of hydrogen-bond donors (Lipinski definition) is 2. The number of carboxylic acid groups (broad SMARTS) is 1. The van der Waals surface area contributed by atoms with E-state index in [1.807, 2.05) is 24.3 Å². The third-order valence-electron chi connectivity index (χ3n) is 4.98. The average molecular weight is 325 g/mol. The molecule has 0 bridgehead atoms. The standard InChI is InChI=1S/C20H23NO3/c1-24-18-6-3-2-5-17(18)20(11-4-12-20)14-21-13-15-7-9-16(10-8-15)19(22)23/h2-3,5-10,21H,4,11-14H2,1H3,(H,22,23). The molecule has 0 atom stereocenters. The Morgan fingerprint density at radius 1 is 1.17 bits per heavy atom. The predicted octanol–water partition coefficient (Wildman–Crippen LogP) is 3.60. The maximum atomic E-state index is 10.9. The van der Waals surface area contributed by atoms with Gasteiger partial charge in [0.2, 0.25) is 0 Å². The first-order chi connectivity index (χ1) is 11.6. The summed E-state index contributed by atoms with van der Waals surface area (Å²) < 4.78 is 5.54. The van der Waals surface area contributed by atoms with Crippen LogP contribution < -0.4 is 10.1 Å². The molecule has 0 spiro atoms. The lowest BCUT2D eigenvalue weighted by Gasteiger charge is -2.43. The first-order valence-electron chi connectivity index (χ1n) is 8.31. The molecule has 0 saturated heterocycles. The summed E-state index contributed by atoms with van der Waals surface area (Å²) in [6.45, 7) is 1.63. The zero-order valence-electron chi connectivity index (χ0n) is 13.9. The molecule has 2 N–H and O–H groups in total. The van der Waals surface area contributed by atoms with Gasteiger partial charge in [0.15, 0.2) is 0 Å². The molecule has 4 nitrogen and oxygen atoms in total. The van der Waals surface area contributed by atoms with Gasteiger partial charge in [0.05, 0.1) is 12.7 Å². The maximum Gasteiger partial charge on any atom is 0.335 e. The summed E-state index contributed by atoms with van der Waals surface area (Å²) in [4.78, 5) is 10.9. The molecule has 0 radical (unpaired) electrons. The molecule has 0 amide bonds. The molecule has 2 aromatic carbocycles. The van der Waals surface area contributed by atoms with Gasteiger partial charge in [-0.05, 0) is 36.6 Å². The lowest BCUT2D eigenvalue weighted by atomic mass is 9.64. The van der Waals surface area contributed by atoms with Gasteiger partial charge >= 0.3 is 5.97 Å². The lowest BCUT2D eigenvalue weighted by molar-refractivity contribution is 0.0697. The molecule has 1 saturated carbocycles. The van der Waals surface area contributed by atoms with E-state index in [0.717, 1.165) is 24.4 Å². The number of ether oxygens (including phenoxy) is 1. The number of rotatable bonds is 7. The molecule has 0 aromatic heterocycles. The van der Waals surface area contributed by atoms with E-state index < -0.39 is 5.97 Å². The fourth-order valence-electron chi connectivity index (χ4n) is 3.44. The largest absolute Gasteiger partial charge is 0.496 e. The number of carbonyl (C=O) groups is 1. The molecule has 0 heterocycles. The predicted molar refractivity (Wildman–Crippen MR) is 93.6 cm³/mol. The summed E-state index contributed by atoms with van der Waals surface area (Å²) in [5, 5.41) is 12.5. The molecule has 24 heavy (non-hydrogen) atoms. The van der Waals surface area contributed by atoms with E-state index in [9.17, 15) is 4.79 Å². The fourth-order valence-corrected chi connectivity index (χ4v) is 3.44. The summed E-state index contributed by atoms with van der Waals surface area (Å²) in [5.41, 5.74) is 2.85. The van der Waals surface area contributed by atoms with Crippen molar-refractivity contribution in [1.29, 1.82) is 0 Å². The van der Waals surface area contributed by atoms with Crippen molar-refractivity contribution in [1.82, 2.24) is 5.32 Å². The SMILES string of the molecule is COc1ccccc1C1(CNCc2ccc(C(=O)O)cc2)CCC1. The Morgan fingerprint density at radius 2 is 1.88 bits per heavy atom. The minimum atomic E-state index is -0.890. The van der Waals surface area contributed by atoms with Crippen LogP contribution in [0.4, 0.5) is 0 Å². The Morgan fingerprint density at radius 3 is 2.46 bits per heavy atom. The van der Waals surface area contributed by atoms with Gasteiger partial charge in [-0.25, -0.2) is 4.79 Å². The number of carboxylic acids is 1. The summed E-state index contributed by atoms with van der Waals surface area (Å²) in [6.07, 6.45) is 3.57. The van der Waals surface area contributed by atoms with Gasteiger partial charge < -0.3 is 15.2 Å². The van der Waals surface area contributed by atoms with Gasteiger partial charge in [0, 0.05) is 24.1 Å². The smallest absolute Gasteiger partial charge is 0.335 e. The zero-order chi connectivity index (χ0) is 17.0. The average Bonchev–Trinajstić information content (AvgIpc) is 2.58. The molecular weight excluding hydrogens is 302 g/mol. The van der Waals surface area contributed by atoms with E-state index in [4.69, 9.17) is 9.84 Å². The number of methoxy groups -OCH3 is 1. The minimum absolute atomic E-state index is 0.146. The van der Waals surface area contributed by atoms with Crippen LogP contribution in [0.2, 0.25) is 0 Å². The summed E-state index contributed by atoms with van der Waals surface area (Å²) in [5.74, 6) is 0.0731. The van der Waals surface area contributed by atoms with E-state index in [0.29, 0.717) is 5.56 Å². The number of para-hydroxylation sites is 1. The molecular formula is C20H23NO3. The van der Waals surface area contributed by atoms with Crippen molar-refractivity contribution in [2.75, 3.05) is 13.7 Å². The van der Waals surface area contributed by atoms with E-state index >= 15 is 0 Å². The van der Waals surface area contributed by atoms with Crippen molar-refractivity contribution >= 4 is 5.97 Å². The highest BCUT2D eigenvalue weighted by molar-refractivity contribution is 5.87. The van der Waals surface area contributed by atoms with Crippen molar-refractivity contribution in [2.24, 2.45) is 0 Å². The number of hydrogen-bond acceptors (Lipinski definition) is 3. The van der Waals surface area contributed by atoms with E-state index in [1.54, 1.807) is 19.2 Å². The van der Waals surface area contributed by atoms with Gasteiger partial charge in [0.1, 0.15) is 5.75 Å². The van der Waals surface area contributed by atoms with Crippen LogP contribution in [-0.4, -0.2) is 24.7 Å². The quantitative estimate of drug-likeness (QED) is 0.816. The van der Waals surface area contributed by atoms with Gasteiger partial charge in [-0.15, -0.1) is 0 Å². The number of nitrogens with one attached hydrogen (secondary N) is 1. The first-order valence-corrected chi connectivity index (χ1v) is 8.31. The highest BCUT2D eigenvalue weighted by Gasteiger charge is 2.40. The third-order valence-corrected chi connectivity index (χ3v) is 4.98. The minimum Gasteiger partial charge on any atom is -0.496 e. The van der Waals surface area contributed by atoms with E-state index in [1.165, 1.54) is 24.8 Å². The monoisotopic (exact) mass is 325 g/mol. The van der Waals surface area contributed by atoms with E-state index in [2.05, 4.69) is 17.4 Å². The number of aromatic carboxylic acids is 1. The second-order valence-corrected chi connectivity index (χ2v) is 6.44. The highest BCUT2D eigenvalue weighted by atomic mass is 16.5. The molecule has 3 rings (SSSR count). The van der Waals surface area contributed by atoms with Gasteiger partial charge in [-0.3, -0.25) is 0 Å². The fraction of sp³-hybridized carbons (Fsp3) is 0.350.